The van der Waals surface area contributed by atoms with Crippen LogP contribution in [-0.4, -0.2) is 25.9 Å². The Bertz CT molecular complexity index is 864. The maximum Gasteiger partial charge on any atom is 0.231 e. The zero-order valence-electron chi connectivity index (χ0n) is 16.2. The molecule has 0 bridgehead atoms. The molecule has 4 rings (SSSR count). The molecule has 1 N–H and O–H groups in total. The summed E-state index contributed by atoms with van der Waals surface area (Å²) in [5.74, 6) is 3.44. The second-order valence-corrected chi connectivity index (χ2v) is 7.42. The van der Waals surface area contributed by atoms with Crippen molar-refractivity contribution >= 4 is 5.91 Å². The van der Waals surface area contributed by atoms with Gasteiger partial charge >= 0.3 is 0 Å². The first-order valence-corrected chi connectivity index (χ1v) is 9.65. The molecule has 1 atom stereocenters. The minimum absolute atomic E-state index is 0.0197. The molecular weight excluding hydrogens is 358 g/mol. The van der Waals surface area contributed by atoms with Crippen LogP contribution in [0.15, 0.2) is 36.4 Å². The van der Waals surface area contributed by atoms with Crippen LogP contribution in [-0.2, 0) is 11.3 Å². The zero-order chi connectivity index (χ0) is 19.5. The highest BCUT2D eigenvalue weighted by Gasteiger charge is 2.22. The van der Waals surface area contributed by atoms with Crippen LogP contribution >= 0.6 is 0 Å². The SMILES string of the molecule is CC(C)C(CC(=O)NCc1ccc2c(c1)OCO2)c1ccc2c(c1)OCCO2. The third kappa shape index (κ3) is 4.01. The van der Waals surface area contributed by atoms with E-state index < -0.39 is 0 Å². The number of nitrogens with one attached hydrogen (secondary N) is 1. The van der Waals surface area contributed by atoms with Crippen molar-refractivity contribution in [1.82, 2.24) is 5.32 Å². The van der Waals surface area contributed by atoms with E-state index in [0.717, 1.165) is 34.1 Å². The van der Waals surface area contributed by atoms with Crippen LogP contribution < -0.4 is 24.3 Å². The van der Waals surface area contributed by atoms with Crippen molar-refractivity contribution in [3.8, 4) is 23.0 Å². The molecule has 148 valence electrons. The normalized spacial score (nSPS) is 15.4. The highest BCUT2D eigenvalue weighted by molar-refractivity contribution is 5.77. The van der Waals surface area contributed by atoms with Crippen LogP contribution in [0.4, 0.5) is 0 Å². The lowest BCUT2D eigenvalue weighted by Crippen LogP contribution is -2.26. The highest BCUT2D eigenvalue weighted by atomic mass is 16.7. The Labute approximate surface area is 164 Å². The predicted octanol–water partition coefficient (Wildman–Crippen LogP) is 3.63. The topological polar surface area (TPSA) is 66.0 Å². The van der Waals surface area contributed by atoms with Crippen LogP contribution in [0.1, 0.15) is 37.3 Å². The van der Waals surface area contributed by atoms with Crippen molar-refractivity contribution in [1.29, 1.82) is 0 Å². The predicted molar refractivity (Wildman–Crippen MR) is 104 cm³/mol. The van der Waals surface area contributed by atoms with Gasteiger partial charge in [0.05, 0.1) is 0 Å². The van der Waals surface area contributed by atoms with Gasteiger partial charge in [0.15, 0.2) is 23.0 Å². The van der Waals surface area contributed by atoms with E-state index in [1.54, 1.807) is 0 Å². The number of fused-ring (bicyclic) bond motifs is 2. The number of amides is 1. The second kappa shape index (κ2) is 8.00. The van der Waals surface area contributed by atoms with Crippen molar-refractivity contribution in [2.45, 2.75) is 32.7 Å². The van der Waals surface area contributed by atoms with Gasteiger partial charge in [-0.3, -0.25) is 4.79 Å². The van der Waals surface area contributed by atoms with Crippen LogP contribution in [0, 0.1) is 5.92 Å². The number of hydrogen-bond donors (Lipinski definition) is 1. The van der Waals surface area contributed by atoms with E-state index in [0.29, 0.717) is 32.1 Å². The van der Waals surface area contributed by atoms with Gasteiger partial charge in [-0.1, -0.05) is 26.0 Å². The van der Waals surface area contributed by atoms with Crippen molar-refractivity contribution in [3.63, 3.8) is 0 Å². The van der Waals surface area contributed by atoms with Gasteiger partial charge in [-0.2, -0.15) is 0 Å². The first kappa shape index (κ1) is 18.5. The fourth-order valence-electron chi connectivity index (χ4n) is 3.55. The molecule has 1 unspecified atom stereocenters. The molecule has 0 radical (unpaired) electrons. The van der Waals surface area contributed by atoms with E-state index >= 15 is 0 Å². The van der Waals surface area contributed by atoms with Gasteiger partial charge in [0, 0.05) is 13.0 Å². The van der Waals surface area contributed by atoms with Crippen molar-refractivity contribution in [3.05, 3.63) is 47.5 Å². The Hall–Kier alpha value is -2.89. The van der Waals surface area contributed by atoms with E-state index in [2.05, 4.69) is 19.2 Å². The lowest BCUT2D eigenvalue weighted by atomic mass is 9.85. The Balaban J connectivity index is 1.39. The Morgan fingerprint density at radius 3 is 2.43 bits per heavy atom. The van der Waals surface area contributed by atoms with E-state index in [4.69, 9.17) is 18.9 Å². The minimum Gasteiger partial charge on any atom is -0.486 e. The van der Waals surface area contributed by atoms with E-state index in [9.17, 15) is 4.79 Å². The van der Waals surface area contributed by atoms with Gasteiger partial charge in [-0.05, 0) is 47.2 Å². The number of ether oxygens (including phenoxy) is 4. The summed E-state index contributed by atoms with van der Waals surface area (Å²) in [5.41, 5.74) is 2.08. The largest absolute Gasteiger partial charge is 0.486 e. The molecule has 2 aliphatic heterocycles. The van der Waals surface area contributed by atoms with Crippen LogP contribution in [0.25, 0.3) is 0 Å². The summed E-state index contributed by atoms with van der Waals surface area (Å²) in [4.78, 5) is 12.6. The zero-order valence-corrected chi connectivity index (χ0v) is 16.2. The molecule has 0 saturated heterocycles. The smallest absolute Gasteiger partial charge is 0.231 e. The average molecular weight is 383 g/mol. The molecule has 0 saturated carbocycles. The Morgan fingerprint density at radius 1 is 0.929 bits per heavy atom. The molecule has 2 aromatic rings. The summed E-state index contributed by atoms with van der Waals surface area (Å²) in [7, 11) is 0. The number of rotatable bonds is 6. The van der Waals surface area contributed by atoms with Crippen LogP contribution in [0.3, 0.4) is 0 Å². The molecule has 28 heavy (non-hydrogen) atoms. The van der Waals surface area contributed by atoms with Gasteiger partial charge < -0.3 is 24.3 Å². The molecule has 2 aliphatic rings. The molecule has 1 amide bonds. The fourth-order valence-corrected chi connectivity index (χ4v) is 3.55. The van der Waals surface area contributed by atoms with Gasteiger partial charge in [-0.25, -0.2) is 0 Å². The summed E-state index contributed by atoms with van der Waals surface area (Å²) < 4.78 is 22.0. The quantitative estimate of drug-likeness (QED) is 0.825. The molecule has 2 heterocycles. The van der Waals surface area contributed by atoms with Crippen molar-refractivity contribution in [2.75, 3.05) is 20.0 Å². The van der Waals surface area contributed by atoms with E-state index in [1.165, 1.54) is 0 Å². The van der Waals surface area contributed by atoms with Crippen LogP contribution in [0.5, 0.6) is 23.0 Å². The summed E-state index contributed by atoms with van der Waals surface area (Å²) in [6, 6.07) is 11.7. The van der Waals surface area contributed by atoms with Crippen molar-refractivity contribution in [2.24, 2.45) is 5.92 Å². The van der Waals surface area contributed by atoms with Gasteiger partial charge in [0.1, 0.15) is 13.2 Å². The number of carbonyl (C=O) groups excluding carboxylic acids is 1. The molecule has 0 aliphatic carbocycles. The number of hydrogen-bond acceptors (Lipinski definition) is 5. The minimum atomic E-state index is 0.0197. The molecular formula is C22H25NO5. The van der Waals surface area contributed by atoms with Gasteiger partial charge in [0.25, 0.3) is 0 Å². The van der Waals surface area contributed by atoms with Crippen LogP contribution in [0.2, 0.25) is 0 Å². The summed E-state index contributed by atoms with van der Waals surface area (Å²) >= 11 is 0. The first-order chi connectivity index (χ1) is 13.6. The van der Waals surface area contributed by atoms with E-state index in [-0.39, 0.29) is 18.6 Å². The lowest BCUT2D eigenvalue weighted by Gasteiger charge is -2.24. The monoisotopic (exact) mass is 383 g/mol. The molecule has 6 heteroatoms. The molecule has 0 aromatic heterocycles. The molecule has 6 nitrogen and oxygen atoms in total. The number of benzene rings is 2. The summed E-state index contributed by atoms with van der Waals surface area (Å²) in [6.07, 6.45) is 0.419. The van der Waals surface area contributed by atoms with E-state index in [1.807, 2.05) is 36.4 Å². The maximum absolute atomic E-state index is 12.6. The third-order valence-electron chi connectivity index (χ3n) is 5.13. The Morgan fingerprint density at radius 2 is 1.61 bits per heavy atom. The molecule has 0 spiro atoms. The highest BCUT2D eigenvalue weighted by Crippen LogP contribution is 2.36. The maximum atomic E-state index is 12.6. The molecule has 0 fully saturated rings. The summed E-state index contributed by atoms with van der Waals surface area (Å²) in [5, 5.41) is 3.02. The lowest BCUT2D eigenvalue weighted by molar-refractivity contribution is -0.121. The standard InChI is InChI=1S/C22H25NO5/c1-14(2)17(16-4-6-18-21(10-16)26-8-7-25-18)11-22(24)23-12-15-3-5-19-20(9-15)28-13-27-19/h3-6,9-10,14,17H,7-8,11-13H2,1-2H3,(H,23,24). The number of carbonyl (C=O) groups is 1. The second-order valence-electron chi connectivity index (χ2n) is 7.42. The Kier molecular flexibility index (Phi) is 5.28. The molecule has 2 aromatic carbocycles. The van der Waals surface area contributed by atoms with Gasteiger partial charge in [0.2, 0.25) is 12.7 Å². The van der Waals surface area contributed by atoms with Gasteiger partial charge in [-0.15, -0.1) is 0 Å². The van der Waals surface area contributed by atoms with Crippen molar-refractivity contribution < 1.29 is 23.7 Å². The first-order valence-electron chi connectivity index (χ1n) is 9.65. The fraction of sp³-hybridized carbons (Fsp3) is 0.409. The average Bonchev–Trinajstić information content (AvgIpc) is 3.18. The third-order valence-corrected chi connectivity index (χ3v) is 5.13. The summed E-state index contributed by atoms with van der Waals surface area (Å²) in [6.45, 7) is 6.10.